The van der Waals surface area contributed by atoms with Gasteiger partial charge in [-0.1, -0.05) is 0 Å². The summed E-state index contributed by atoms with van der Waals surface area (Å²) in [5.41, 5.74) is 0.303. The lowest BCUT2D eigenvalue weighted by Gasteiger charge is -2.29. The van der Waals surface area contributed by atoms with E-state index < -0.39 is 27.9 Å². The summed E-state index contributed by atoms with van der Waals surface area (Å²) in [6.45, 7) is 0.314. The molecule has 2 rings (SSSR count). The van der Waals surface area contributed by atoms with E-state index in [1.807, 2.05) is 22.6 Å². The van der Waals surface area contributed by atoms with E-state index in [9.17, 15) is 17.6 Å². The molecule has 116 valence electrons. The van der Waals surface area contributed by atoms with Gasteiger partial charge >= 0.3 is 16.2 Å². The third-order valence-electron chi connectivity index (χ3n) is 3.31. The van der Waals surface area contributed by atoms with Crippen molar-refractivity contribution in [3.05, 3.63) is 27.6 Å². The normalized spacial score (nSPS) is 17.6. The van der Waals surface area contributed by atoms with E-state index in [0.29, 0.717) is 9.26 Å². The summed E-state index contributed by atoms with van der Waals surface area (Å²) in [7, 11) is -3.76. The highest BCUT2D eigenvalue weighted by Gasteiger charge is 2.31. The van der Waals surface area contributed by atoms with Gasteiger partial charge in [-0.15, -0.1) is 0 Å². The van der Waals surface area contributed by atoms with E-state index in [-0.39, 0.29) is 25.9 Å². The number of halogens is 2. The van der Waals surface area contributed by atoms with Crippen molar-refractivity contribution in [3.63, 3.8) is 0 Å². The van der Waals surface area contributed by atoms with Crippen LogP contribution >= 0.6 is 22.6 Å². The third-order valence-corrected chi connectivity index (χ3v) is 5.73. The Hall–Kier alpha value is -0.940. The van der Waals surface area contributed by atoms with E-state index in [2.05, 4.69) is 4.72 Å². The lowest BCUT2D eigenvalue weighted by molar-refractivity contribution is -0.142. The van der Waals surface area contributed by atoms with Crippen molar-refractivity contribution in [1.82, 2.24) is 4.31 Å². The molecule has 1 heterocycles. The number of nitrogens with one attached hydrogen (secondary N) is 1. The molecule has 1 aliphatic rings. The average molecular weight is 428 g/mol. The minimum atomic E-state index is -3.76. The van der Waals surface area contributed by atoms with Crippen molar-refractivity contribution in [1.29, 1.82) is 0 Å². The zero-order chi connectivity index (χ0) is 15.6. The Morgan fingerprint density at radius 3 is 2.52 bits per heavy atom. The lowest BCUT2D eigenvalue weighted by Crippen LogP contribution is -2.43. The fraction of sp³-hybridized carbons (Fsp3) is 0.417. The van der Waals surface area contributed by atoms with Crippen molar-refractivity contribution in [2.24, 2.45) is 5.92 Å². The van der Waals surface area contributed by atoms with Gasteiger partial charge in [0.2, 0.25) is 0 Å². The molecule has 21 heavy (non-hydrogen) atoms. The number of hydrogen-bond donors (Lipinski definition) is 2. The van der Waals surface area contributed by atoms with Crippen LogP contribution in [0.2, 0.25) is 0 Å². The van der Waals surface area contributed by atoms with Gasteiger partial charge < -0.3 is 5.11 Å². The Kier molecular flexibility index (Phi) is 5.04. The second kappa shape index (κ2) is 6.44. The molecule has 0 aromatic heterocycles. The smallest absolute Gasteiger partial charge is 0.306 e. The molecule has 1 fully saturated rings. The number of piperidine rings is 1. The van der Waals surface area contributed by atoms with Crippen LogP contribution in [-0.2, 0) is 15.0 Å². The van der Waals surface area contributed by atoms with E-state index in [1.165, 1.54) is 22.5 Å². The Bertz CT molecular complexity index is 645. The van der Waals surface area contributed by atoms with Crippen molar-refractivity contribution in [2.45, 2.75) is 12.8 Å². The topological polar surface area (TPSA) is 86.7 Å². The van der Waals surface area contributed by atoms with Crippen LogP contribution in [0.1, 0.15) is 12.8 Å². The fourth-order valence-corrected chi connectivity index (χ4v) is 4.19. The summed E-state index contributed by atoms with van der Waals surface area (Å²) in [6, 6.07) is 3.77. The van der Waals surface area contributed by atoms with Crippen molar-refractivity contribution in [2.75, 3.05) is 17.8 Å². The maximum atomic E-state index is 13.0. The molecular weight excluding hydrogens is 414 g/mol. The first-order valence-electron chi connectivity index (χ1n) is 6.25. The standard InChI is InChI=1S/C12H14FIN2O4S/c13-9-1-2-11(10(14)7-9)15-21(19,20)16-5-3-8(4-6-16)12(17)18/h1-2,7-8,15H,3-6H2,(H,17,18). The fourth-order valence-electron chi connectivity index (χ4n) is 2.12. The van der Waals surface area contributed by atoms with Gasteiger partial charge in [-0.2, -0.15) is 12.7 Å². The first kappa shape index (κ1) is 16.4. The van der Waals surface area contributed by atoms with Crippen LogP contribution in [-0.4, -0.2) is 36.9 Å². The quantitative estimate of drug-likeness (QED) is 0.718. The number of aliphatic carboxylic acids is 1. The summed E-state index contributed by atoms with van der Waals surface area (Å²) >= 11 is 1.85. The van der Waals surface area contributed by atoms with E-state index in [0.717, 1.165) is 0 Å². The van der Waals surface area contributed by atoms with Gasteiger partial charge in [-0.05, 0) is 53.6 Å². The van der Waals surface area contributed by atoms with Crippen LogP contribution < -0.4 is 4.72 Å². The van der Waals surface area contributed by atoms with Gasteiger partial charge in [0, 0.05) is 16.7 Å². The predicted molar refractivity (Wildman–Crippen MR) is 83.6 cm³/mol. The molecule has 1 aliphatic heterocycles. The van der Waals surface area contributed by atoms with Gasteiger partial charge in [0.05, 0.1) is 11.6 Å². The summed E-state index contributed by atoms with van der Waals surface area (Å²) in [5, 5.41) is 8.90. The van der Waals surface area contributed by atoms with Crippen LogP contribution in [0.4, 0.5) is 10.1 Å². The molecule has 0 atom stereocenters. The highest BCUT2D eigenvalue weighted by atomic mass is 127. The Morgan fingerprint density at radius 1 is 1.38 bits per heavy atom. The van der Waals surface area contributed by atoms with Crippen LogP contribution in [0, 0.1) is 15.3 Å². The first-order chi connectivity index (χ1) is 9.79. The molecule has 0 radical (unpaired) electrons. The van der Waals surface area contributed by atoms with Gasteiger partial charge in [0.25, 0.3) is 0 Å². The summed E-state index contributed by atoms with van der Waals surface area (Å²) < 4.78 is 41.6. The molecule has 1 aromatic rings. The van der Waals surface area contributed by atoms with Gasteiger partial charge in [0.1, 0.15) is 5.82 Å². The van der Waals surface area contributed by atoms with Crippen LogP contribution in [0.25, 0.3) is 0 Å². The number of carboxylic acids is 1. The molecule has 0 bridgehead atoms. The molecule has 0 saturated carbocycles. The maximum Gasteiger partial charge on any atom is 0.306 e. The number of nitrogens with zero attached hydrogens (tertiary/aromatic N) is 1. The highest BCUT2D eigenvalue weighted by molar-refractivity contribution is 14.1. The van der Waals surface area contributed by atoms with E-state index >= 15 is 0 Å². The molecule has 0 amide bonds. The molecule has 0 spiro atoms. The third kappa shape index (κ3) is 4.04. The number of carboxylic acid groups (broad SMARTS) is 1. The molecule has 0 unspecified atom stereocenters. The molecule has 6 nitrogen and oxygen atoms in total. The second-order valence-electron chi connectivity index (χ2n) is 4.74. The summed E-state index contributed by atoms with van der Waals surface area (Å²) in [6.07, 6.45) is 0.577. The lowest BCUT2D eigenvalue weighted by atomic mass is 9.99. The number of carbonyl (C=O) groups is 1. The number of anilines is 1. The molecule has 0 aliphatic carbocycles. The minimum Gasteiger partial charge on any atom is -0.481 e. The predicted octanol–water partition coefficient (Wildman–Crippen LogP) is 1.88. The average Bonchev–Trinajstić information content (AvgIpc) is 2.42. The summed E-state index contributed by atoms with van der Waals surface area (Å²) in [4.78, 5) is 10.9. The van der Waals surface area contributed by atoms with Gasteiger partial charge in [0.15, 0.2) is 0 Å². The van der Waals surface area contributed by atoms with Crippen molar-refractivity contribution in [3.8, 4) is 0 Å². The van der Waals surface area contributed by atoms with E-state index in [4.69, 9.17) is 5.11 Å². The van der Waals surface area contributed by atoms with Crippen LogP contribution in [0.15, 0.2) is 18.2 Å². The van der Waals surface area contributed by atoms with Gasteiger partial charge in [-0.3, -0.25) is 9.52 Å². The van der Waals surface area contributed by atoms with Gasteiger partial charge in [-0.25, -0.2) is 4.39 Å². The maximum absolute atomic E-state index is 13.0. The number of benzene rings is 1. The Morgan fingerprint density at radius 2 is 2.00 bits per heavy atom. The van der Waals surface area contributed by atoms with Crippen LogP contribution in [0.5, 0.6) is 0 Å². The largest absolute Gasteiger partial charge is 0.481 e. The zero-order valence-electron chi connectivity index (χ0n) is 10.9. The minimum absolute atomic E-state index is 0.157. The first-order valence-corrected chi connectivity index (χ1v) is 8.77. The number of rotatable bonds is 4. The monoisotopic (exact) mass is 428 g/mol. The molecule has 1 aromatic carbocycles. The molecule has 2 N–H and O–H groups in total. The van der Waals surface area contributed by atoms with Crippen molar-refractivity contribution >= 4 is 44.5 Å². The Balaban J connectivity index is 2.07. The SMILES string of the molecule is O=C(O)C1CCN(S(=O)(=O)Nc2ccc(F)cc2I)CC1. The number of hydrogen-bond acceptors (Lipinski definition) is 3. The molecular formula is C12H14FIN2O4S. The molecule has 9 heteroatoms. The Labute approximate surface area is 135 Å². The zero-order valence-corrected chi connectivity index (χ0v) is 13.9. The van der Waals surface area contributed by atoms with Crippen LogP contribution in [0.3, 0.4) is 0 Å². The van der Waals surface area contributed by atoms with E-state index in [1.54, 1.807) is 0 Å². The highest BCUT2D eigenvalue weighted by Crippen LogP contribution is 2.24. The second-order valence-corrected chi connectivity index (χ2v) is 7.58. The summed E-state index contributed by atoms with van der Waals surface area (Å²) in [5.74, 6) is -1.83. The van der Waals surface area contributed by atoms with Crippen molar-refractivity contribution < 1.29 is 22.7 Å². The molecule has 1 saturated heterocycles.